The number of ether oxygens (including phenoxy) is 1. The van der Waals surface area contributed by atoms with Crippen molar-refractivity contribution in [3.8, 4) is 0 Å². The predicted octanol–water partition coefficient (Wildman–Crippen LogP) is 6.33. The lowest BCUT2D eigenvalue weighted by molar-refractivity contribution is 0.124. The van der Waals surface area contributed by atoms with E-state index < -0.39 is 11.9 Å². The minimum absolute atomic E-state index is 0.0292. The number of benzene rings is 2. The van der Waals surface area contributed by atoms with Crippen LogP contribution in [0.25, 0.3) is 0 Å². The molecule has 1 saturated carbocycles. The Labute approximate surface area is 152 Å². The van der Waals surface area contributed by atoms with E-state index in [9.17, 15) is 9.18 Å². The average Bonchev–Trinajstić information content (AvgIpc) is 2.65. The van der Waals surface area contributed by atoms with E-state index in [1.165, 1.54) is 42.4 Å². The Morgan fingerprint density at radius 3 is 2.48 bits per heavy atom. The number of para-hydroxylation sites is 1. The van der Waals surface area contributed by atoms with Gasteiger partial charge in [-0.2, -0.15) is 0 Å². The van der Waals surface area contributed by atoms with Crippen LogP contribution in [-0.2, 0) is 4.74 Å². The third kappa shape index (κ3) is 4.51. The molecular formula is C20H21ClFNO2. The summed E-state index contributed by atoms with van der Waals surface area (Å²) < 4.78 is 19.1. The first kappa shape index (κ1) is 17.7. The molecule has 0 atom stereocenters. The first-order chi connectivity index (χ1) is 12.1. The van der Waals surface area contributed by atoms with Gasteiger partial charge < -0.3 is 4.74 Å². The van der Waals surface area contributed by atoms with Crippen molar-refractivity contribution < 1.29 is 13.9 Å². The van der Waals surface area contributed by atoms with E-state index in [0.29, 0.717) is 23.9 Å². The molecule has 1 aliphatic rings. The molecular weight excluding hydrogens is 341 g/mol. The van der Waals surface area contributed by atoms with Gasteiger partial charge in [0.2, 0.25) is 0 Å². The monoisotopic (exact) mass is 361 g/mol. The van der Waals surface area contributed by atoms with Crippen LogP contribution in [-0.4, -0.2) is 12.7 Å². The van der Waals surface area contributed by atoms with Crippen molar-refractivity contribution in [2.45, 2.75) is 32.1 Å². The first-order valence-corrected chi connectivity index (χ1v) is 9.00. The maximum Gasteiger partial charge on any atom is 0.418 e. The van der Waals surface area contributed by atoms with Gasteiger partial charge in [0.1, 0.15) is 5.82 Å². The topological polar surface area (TPSA) is 29.5 Å². The Morgan fingerprint density at radius 2 is 1.80 bits per heavy atom. The van der Waals surface area contributed by atoms with Crippen LogP contribution in [0.1, 0.15) is 32.1 Å². The Bertz CT molecular complexity index is 717. The van der Waals surface area contributed by atoms with Crippen LogP contribution in [0.3, 0.4) is 0 Å². The summed E-state index contributed by atoms with van der Waals surface area (Å²) >= 11 is 5.90. The number of nitrogens with zero attached hydrogens (tertiary/aromatic N) is 1. The molecule has 0 N–H and O–H groups in total. The molecule has 1 aliphatic carbocycles. The van der Waals surface area contributed by atoms with Gasteiger partial charge in [-0.15, -0.1) is 0 Å². The quantitative estimate of drug-likeness (QED) is 0.636. The van der Waals surface area contributed by atoms with Crippen LogP contribution < -0.4 is 4.90 Å². The van der Waals surface area contributed by atoms with Gasteiger partial charge in [-0.05, 0) is 49.1 Å². The molecule has 0 aliphatic heterocycles. The molecule has 3 rings (SSSR count). The highest BCUT2D eigenvalue weighted by molar-refractivity contribution is 6.31. The third-order valence-corrected chi connectivity index (χ3v) is 4.82. The number of hydrogen-bond donors (Lipinski definition) is 0. The molecule has 132 valence electrons. The van der Waals surface area contributed by atoms with Crippen molar-refractivity contribution in [3.63, 3.8) is 0 Å². The third-order valence-electron chi connectivity index (χ3n) is 4.53. The fourth-order valence-electron chi connectivity index (χ4n) is 3.17. The summed E-state index contributed by atoms with van der Waals surface area (Å²) in [5, 5.41) is -0.0292. The van der Waals surface area contributed by atoms with Crippen LogP contribution in [0.4, 0.5) is 20.6 Å². The fourth-order valence-corrected chi connectivity index (χ4v) is 3.34. The smallest absolute Gasteiger partial charge is 0.418 e. The molecule has 0 aromatic heterocycles. The summed E-state index contributed by atoms with van der Waals surface area (Å²) in [5.41, 5.74) is 1.13. The van der Waals surface area contributed by atoms with Gasteiger partial charge in [-0.25, -0.2) is 14.1 Å². The zero-order chi connectivity index (χ0) is 17.6. The molecule has 3 nitrogen and oxygen atoms in total. The Kier molecular flexibility index (Phi) is 5.92. The second-order valence-corrected chi connectivity index (χ2v) is 6.76. The maximum atomic E-state index is 13.5. The predicted molar refractivity (Wildman–Crippen MR) is 97.9 cm³/mol. The van der Waals surface area contributed by atoms with Crippen LogP contribution in [0.2, 0.25) is 5.02 Å². The van der Waals surface area contributed by atoms with Gasteiger partial charge in [0.05, 0.1) is 23.0 Å². The Balaban J connectivity index is 1.80. The van der Waals surface area contributed by atoms with Crippen molar-refractivity contribution in [2.24, 2.45) is 5.92 Å². The summed E-state index contributed by atoms with van der Waals surface area (Å²) in [5.74, 6) is -0.0962. The van der Waals surface area contributed by atoms with Crippen molar-refractivity contribution in [1.82, 2.24) is 0 Å². The van der Waals surface area contributed by atoms with Gasteiger partial charge in [0.25, 0.3) is 0 Å². The van der Waals surface area contributed by atoms with E-state index in [0.717, 1.165) is 12.8 Å². The zero-order valence-electron chi connectivity index (χ0n) is 14.0. The normalized spacial score (nSPS) is 15.0. The van der Waals surface area contributed by atoms with Crippen LogP contribution in [0.5, 0.6) is 0 Å². The summed E-state index contributed by atoms with van der Waals surface area (Å²) in [6.45, 7) is 0.414. The van der Waals surface area contributed by atoms with E-state index in [2.05, 4.69) is 0 Å². The second kappa shape index (κ2) is 8.34. The molecule has 0 saturated heterocycles. The lowest BCUT2D eigenvalue weighted by Gasteiger charge is -2.25. The minimum atomic E-state index is -0.519. The van der Waals surface area contributed by atoms with Gasteiger partial charge in [-0.3, -0.25) is 0 Å². The van der Waals surface area contributed by atoms with Crippen LogP contribution in [0, 0.1) is 11.7 Å². The molecule has 25 heavy (non-hydrogen) atoms. The van der Waals surface area contributed by atoms with Gasteiger partial charge in [-0.1, -0.05) is 49.1 Å². The number of rotatable bonds is 4. The molecule has 0 bridgehead atoms. The molecule has 1 fully saturated rings. The number of carbonyl (C=O) groups is 1. The summed E-state index contributed by atoms with van der Waals surface area (Å²) in [4.78, 5) is 14.2. The molecule has 5 heteroatoms. The van der Waals surface area contributed by atoms with Crippen molar-refractivity contribution in [2.75, 3.05) is 11.5 Å². The zero-order valence-corrected chi connectivity index (χ0v) is 14.7. The largest absolute Gasteiger partial charge is 0.449 e. The molecule has 0 radical (unpaired) electrons. The second-order valence-electron chi connectivity index (χ2n) is 6.35. The van der Waals surface area contributed by atoms with E-state index in [-0.39, 0.29) is 5.02 Å². The van der Waals surface area contributed by atoms with Gasteiger partial charge in [0, 0.05) is 0 Å². The molecule has 0 unspecified atom stereocenters. The molecule has 1 amide bonds. The van der Waals surface area contributed by atoms with Crippen molar-refractivity contribution in [3.05, 3.63) is 59.4 Å². The number of carbonyl (C=O) groups excluding carboxylic acids is 1. The van der Waals surface area contributed by atoms with Crippen molar-refractivity contribution in [1.29, 1.82) is 0 Å². The minimum Gasteiger partial charge on any atom is -0.449 e. The SMILES string of the molecule is O=C(OCC1CCCCC1)N(c1ccccc1)c1ccc(F)c(Cl)c1. The Morgan fingerprint density at radius 1 is 1.08 bits per heavy atom. The highest BCUT2D eigenvalue weighted by Crippen LogP contribution is 2.30. The number of halogens is 2. The standard InChI is InChI=1S/C20H21ClFNO2/c21-18-13-17(11-12-19(18)22)23(16-9-5-2-6-10-16)20(24)25-14-15-7-3-1-4-8-15/h2,5-6,9-13,15H,1,3-4,7-8,14H2. The van der Waals surface area contributed by atoms with E-state index in [4.69, 9.17) is 16.3 Å². The summed E-state index contributed by atoms with van der Waals surface area (Å²) in [6.07, 6.45) is 5.37. The van der Waals surface area contributed by atoms with Gasteiger partial charge in [0.15, 0.2) is 0 Å². The van der Waals surface area contributed by atoms with Crippen LogP contribution in [0.15, 0.2) is 48.5 Å². The van der Waals surface area contributed by atoms with Gasteiger partial charge >= 0.3 is 6.09 Å². The molecule has 0 heterocycles. The van der Waals surface area contributed by atoms with Crippen molar-refractivity contribution >= 4 is 29.1 Å². The summed E-state index contributed by atoms with van der Waals surface area (Å²) in [7, 11) is 0. The first-order valence-electron chi connectivity index (χ1n) is 8.62. The molecule has 0 spiro atoms. The lowest BCUT2D eigenvalue weighted by Crippen LogP contribution is -2.29. The number of amides is 1. The fraction of sp³-hybridized carbons (Fsp3) is 0.350. The molecule has 2 aromatic rings. The lowest BCUT2D eigenvalue weighted by atomic mass is 9.90. The maximum absolute atomic E-state index is 13.5. The van der Waals surface area contributed by atoms with Crippen LogP contribution >= 0.6 is 11.6 Å². The van der Waals surface area contributed by atoms with E-state index in [1.54, 1.807) is 12.1 Å². The van der Waals surface area contributed by atoms with E-state index in [1.807, 2.05) is 18.2 Å². The Hall–Kier alpha value is -2.07. The number of anilines is 2. The highest BCUT2D eigenvalue weighted by atomic mass is 35.5. The number of hydrogen-bond acceptors (Lipinski definition) is 2. The highest BCUT2D eigenvalue weighted by Gasteiger charge is 2.22. The van der Waals surface area contributed by atoms with E-state index >= 15 is 0 Å². The summed E-state index contributed by atoms with van der Waals surface area (Å²) in [6, 6.07) is 13.4. The molecule has 2 aromatic carbocycles. The average molecular weight is 362 g/mol.